The van der Waals surface area contributed by atoms with Crippen molar-refractivity contribution in [2.75, 3.05) is 7.11 Å². The first-order valence-corrected chi connectivity index (χ1v) is 8.64. The summed E-state index contributed by atoms with van der Waals surface area (Å²) in [7, 11) is 1.59. The Morgan fingerprint density at radius 3 is 2.59 bits per heavy atom. The van der Waals surface area contributed by atoms with Crippen molar-refractivity contribution >= 4 is 17.8 Å². The summed E-state index contributed by atoms with van der Waals surface area (Å²) in [6.07, 6.45) is 1.60. The minimum atomic E-state index is 0.243. The Kier molecular flexibility index (Phi) is 6.33. The van der Waals surface area contributed by atoms with E-state index in [1.807, 2.05) is 49.4 Å². The average molecular weight is 387 g/mol. The number of hydrogen-bond donors (Lipinski definition) is 0. The number of hydrogen-bond acceptors (Lipinski definition) is 6. The summed E-state index contributed by atoms with van der Waals surface area (Å²) >= 11 is 5.89. The zero-order valence-corrected chi connectivity index (χ0v) is 15.8. The van der Waals surface area contributed by atoms with Gasteiger partial charge in [-0.1, -0.05) is 34.0 Å². The molecule has 0 unspecified atom stereocenters. The topological polar surface area (TPSA) is 66.1 Å². The zero-order chi connectivity index (χ0) is 19.1. The summed E-state index contributed by atoms with van der Waals surface area (Å²) in [5, 5.41) is 8.46. The lowest BCUT2D eigenvalue weighted by Gasteiger charge is -2.11. The average Bonchev–Trinajstić information content (AvgIpc) is 3.10. The Bertz CT molecular complexity index is 907. The molecule has 1 heterocycles. The summed E-state index contributed by atoms with van der Waals surface area (Å²) in [5.41, 5.74) is 2.53. The van der Waals surface area contributed by atoms with Crippen LogP contribution >= 0.6 is 11.6 Å². The van der Waals surface area contributed by atoms with Crippen LogP contribution in [0.5, 0.6) is 11.5 Å². The van der Waals surface area contributed by atoms with Crippen LogP contribution in [0.1, 0.15) is 22.6 Å². The first kappa shape index (κ1) is 18.8. The smallest absolute Gasteiger partial charge is 0.162 e. The molecule has 0 aliphatic rings. The van der Waals surface area contributed by atoms with E-state index >= 15 is 0 Å². The van der Waals surface area contributed by atoms with Gasteiger partial charge < -0.3 is 18.8 Å². The van der Waals surface area contributed by atoms with Crippen LogP contribution in [0, 0.1) is 6.92 Å². The van der Waals surface area contributed by atoms with Crippen molar-refractivity contribution in [1.29, 1.82) is 0 Å². The molecule has 3 aromatic rings. The van der Waals surface area contributed by atoms with Gasteiger partial charge in [0, 0.05) is 16.7 Å². The van der Waals surface area contributed by atoms with Crippen LogP contribution in [0.3, 0.4) is 0 Å². The van der Waals surface area contributed by atoms with Crippen molar-refractivity contribution < 1.29 is 18.8 Å². The molecule has 0 saturated carbocycles. The Labute approximate surface area is 162 Å². The van der Waals surface area contributed by atoms with Crippen LogP contribution < -0.4 is 9.47 Å². The molecule has 0 saturated heterocycles. The van der Waals surface area contributed by atoms with E-state index in [9.17, 15) is 0 Å². The lowest BCUT2D eigenvalue weighted by Crippen LogP contribution is -1.98. The van der Waals surface area contributed by atoms with Gasteiger partial charge in [-0.3, -0.25) is 0 Å². The van der Waals surface area contributed by atoms with Crippen LogP contribution in [0.25, 0.3) is 0 Å². The summed E-state index contributed by atoms with van der Waals surface area (Å²) in [6.45, 7) is 2.48. The third kappa shape index (κ3) is 5.49. The molecule has 0 spiro atoms. The standard InChI is InChI=1S/C20H19ClN2O4/c1-14-9-18(23-27-14)13-26-22-11-16-5-8-19(20(10-16)24-2)25-12-15-3-6-17(21)7-4-15/h3-11H,12-13H2,1-2H3/b22-11-. The van der Waals surface area contributed by atoms with E-state index in [0.29, 0.717) is 28.8 Å². The Morgan fingerprint density at radius 2 is 1.89 bits per heavy atom. The quantitative estimate of drug-likeness (QED) is 0.412. The summed E-state index contributed by atoms with van der Waals surface area (Å²) < 4.78 is 16.2. The normalized spacial score (nSPS) is 10.9. The second-order valence-electron chi connectivity index (χ2n) is 5.76. The van der Waals surface area contributed by atoms with Gasteiger partial charge in [-0.15, -0.1) is 0 Å². The third-order valence-electron chi connectivity index (χ3n) is 3.66. The predicted octanol–water partition coefficient (Wildman–Crippen LogP) is 4.77. The molecule has 0 aliphatic heterocycles. The number of benzene rings is 2. The predicted molar refractivity (Wildman–Crippen MR) is 102 cm³/mol. The van der Waals surface area contributed by atoms with Crippen LogP contribution in [-0.2, 0) is 18.1 Å². The van der Waals surface area contributed by atoms with Gasteiger partial charge in [-0.2, -0.15) is 0 Å². The summed E-state index contributed by atoms with van der Waals surface area (Å²) in [5.74, 6) is 1.99. The third-order valence-corrected chi connectivity index (χ3v) is 3.91. The van der Waals surface area contributed by atoms with E-state index < -0.39 is 0 Å². The van der Waals surface area contributed by atoms with E-state index in [4.69, 9.17) is 30.4 Å². The van der Waals surface area contributed by atoms with Crippen molar-refractivity contribution in [3.63, 3.8) is 0 Å². The number of ether oxygens (including phenoxy) is 2. The Hall–Kier alpha value is -2.99. The molecule has 0 bridgehead atoms. The largest absolute Gasteiger partial charge is 0.493 e. The molecule has 7 heteroatoms. The van der Waals surface area contributed by atoms with Crippen LogP contribution in [-0.4, -0.2) is 18.5 Å². The van der Waals surface area contributed by atoms with Gasteiger partial charge in [0.05, 0.1) is 13.3 Å². The van der Waals surface area contributed by atoms with Crippen molar-refractivity contribution in [2.24, 2.45) is 5.16 Å². The minimum absolute atomic E-state index is 0.243. The molecular formula is C20H19ClN2O4. The highest BCUT2D eigenvalue weighted by Gasteiger charge is 2.06. The van der Waals surface area contributed by atoms with E-state index in [0.717, 1.165) is 16.9 Å². The first-order valence-electron chi connectivity index (χ1n) is 8.27. The second-order valence-corrected chi connectivity index (χ2v) is 6.20. The Balaban J connectivity index is 1.57. The fourth-order valence-corrected chi connectivity index (χ4v) is 2.44. The highest BCUT2D eigenvalue weighted by Crippen LogP contribution is 2.28. The van der Waals surface area contributed by atoms with Crippen molar-refractivity contribution in [2.45, 2.75) is 20.1 Å². The van der Waals surface area contributed by atoms with Crippen molar-refractivity contribution in [3.8, 4) is 11.5 Å². The van der Waals surface area contributed by atoms with Gasteiger partial charge in [0.15, 0.2) is 18.1 Å². The van der Waals surface area contributed by atoms with Gasteiger partial charge >= 0.3 is 0 Å². The van der Waals surface area contributed by atoms with E-state index in [1.165, 1.54) is 0 Å². The van der Waals surface area contributed by atoms with Crippen molar-refractivity contribution in [1.82, 2.24) is 5.16 Å². The molecule has 0 radical (unpaired) electrons. The number of oxime groups is 1. The molecule has 0 atom stereocenters. The van der Waals surface area contributed by atoms with Gasteiger partial charge in [0.1, 0.15) is 18.1 Å². The molecule has 3 rings (SSSR count). The first-order chi connectivity index (χ1) is 13.1. The highest BCUT2D eigenvalue weighted by atomic mass is 35.5. The SMILES string of the molecule is COc1cc(/C=N\OCc2cc(C)on2)ccc1OCc1ccc(Cl)cc1. The molecule has 0 fully saturated rings. The second kappa shape index (κ2) is 9.09. The number of nitrogens with zero attached hydrogens (tertiary/aromatic N) is 2. The summed E-state index contributed by atoms with van der Waals surface area (Å²) in [4.78, 5) is 5.22. The van der Waals surface area contributed by atoms with Crippen LogP contribution in [0.15, 0.2) is 58.2 Å². The van der Waals surface area contributed by atoms with E-state index in [-0.39, 0.29) is 6.61 Å². The molecule has 27 heavy (non-hydrogen) atoms. The number of rotatable bonds is 8. The van der Waals surface area contributed by atoms with Gasteiger partial charge in [-0.25, -0.2) is 0 Å². The van der Waals surface area contributed by atoms with Gasteiger partial charge in [0.25, 0.3) is 0 Å². The number of methoxy groups -OCH3 is 1. The maximum absolute atomic E-state index is 5.89. The lowest BCUT2D eigenvalue weighted by atomic mass is 10.2. The minimum Gasteiger partial charge on any atom is -0.493 e. The molecule has 0 N–H and O–H groups in total. The maximum atomic E-state index is 5.89. The zero-order valence-electron chi connectivity index (χ0n) is 15.0. The molecule has 1 aromatic heterocycles. The Morgan fingerprint density at radius 1 is 1.07 bits per heavy atom. The number of aryl methyl sites for hydroxylation is 1. The van der Waals surface area contributed by atoms with Gasteiger partial charge in [-0.05, 0) is 42.8 Å². The van der Waals surface area contributed by atoms with E-state index in [1.54, 1.807) is 19.4 Å². The fourth-order valence-electron chi connectivity index (χ4n) is 2.31. The van der Waals surface area contributed by atoms with E-state index in [2.05, 4.69) is 10.3 Å². The molecule has 2 aromatic carbocycles. The van der Waals surface area contributed by atoms with Crippen LogP contribution in [0.4, 0.5) is 0 Å². The number of halogens is 1. The highest BCUT2D eigenvalue weighted by molar-refractivity contribution is 6.30. The van der Waals surface area contributed by atoms with Crippen molar-refractivity contribution in [3.05, 3.63) is 76.1 Å². The molecule has 0 amide bonds. The number of aromatic nitrogens is 1. The monoisotopic (exact) mass is 386 g/mol. The molecule has 0 aliphatic carbocycles. The maximum Gasteiger partial charge on any atom is 0.162 e. The molecular weight excluding hydrogens is 368 g/mol. The van der Waals surface area contributed by atoms with Crippen LogP contribution in [0.2, 0.25) is 5.02 Å². The van der Waals surface area contributed by atoms with Gasteiger partial charge in [0.2, 0.25) is 0 Å². The fraction of sp³-hybridized carbons (Fsp3) is 0.200. The molecule has 140 valence electrons. The summed E-state index contributed by atoms with van der Waals surface area (Å²) in [6, 6.07) is 14.8. The molecule has 6 nitrogen and oxygen atoms in total. The lowest BCUT2D eigenvalue weighted by molar-refractivity contribution is 0.126.